The van der Waals surface area contributed by atoms with Crippen LogP contribution in [0, 0.1) is 0 Å². The number of benzene rings is 4. The second-order valence-electron chi connectivity index (χ2n) is 11.7. The van der Waals surface area contributed by atoms with Crippen molar-refractivity contribution in [3.8, 4) is 0 Å². The first-order chi connectivity index (χ1) is 20.4. The quantitative estimate of drug-likeness (QED) is 0.169. The SMILES string of the molecule is Nc1ccc(C[C@@H]2CC[C@H]([C@H](O)c3ccccc3)N2)cc1.Nc1ccc(C[C@@H]2CC[C@H]([C@H](O)c3ccccc3)N2)cc1.O. The van der Waals surface area contributed by atoms with Gasteiger partial charge in [0, 0.05) is 35.5 Å². The van der Waals surface area contributed by atoms with Crippen LogP contribution < -0.4 is 22.1 Å². The summed E-state index contributed by atoms with van der Waals surface area (Å²) < 4.78 is 0. The Morgan fingerprint density at radius 3 is 1.23 bits per heavy atom. The van der Waals surface area contributed by atoms with Crippen molar-refractivity contribution in [3.63, 3.8) is 0 Å². The third kappa shape index (κ3) is 9.13. The maximum atomic E-state index is 10.5. The fraction of sp³-hybridized carbons (Fsp3) is 0.333. The summed E-state index contributed by atoms with van der Waals surface area (Å²) in [7, 11) is 0. The maximum absolute atomic E-state index is 10.5. The molecule has 0 bridgehead atoms. The molecule has 43 heavy (non-hydrogen) atoms. The van der Waals surface area contributed by atoms with Crippen LogP contribution in [0.5, 0.6) is 0 Å². The summed E-state index contributed by atoms with van der Waals surface area (Å²) in [6.07, 6.45) is 5.32. The number of aliphatic hydroxyl groups is 2. The van der Waals surface area contributed by atoms with E-state index in [9.17, 15) is 10.2 Å². The smallest absolute Gasteiger partial charge is 0.0943 e. The second kappa shape index (κ2) is 15.7. The van der Waals surface area contributed by atoms with E-state index in [-0.39, 0.29) is 17.6 Å². The minimum atomic E-state index is -0.428. The molecule has 0 aromatic heterocycles. The van der Waals surface area contributed by atoms with Gasteiger partial charge in [-0.3, -0.25) is 0 Å². The van der Waals surface area contributed by atoms with Gasteiger partial charge in [0.2, 0.25) is 0 Å². The molecule has 2 aliphatic rings. The standard InChI is InChI=1S/2C18H22N2O.H2O/c2*19-15-8-6-13(7-9-15)12-16-10-11-17(20-16)18(21)14-4-2-1-3-5-14;/h2*1-9,16-18,20-21H,10-12,19H2;1H2/t2*16-,17+,18+;/m00./s1. The molecule has 0 saturated carbocycles. The lowest BCUT2D eigenvalue weighted by Crippen LogP contribution is -2.35. The predicted octanol–water partition coefficient (Wildman–Crippen LogP) is 4.51. The molecular weight excluding hydrogens is 536 g/mol. The summed E-state index contributed by atoms with van der Waals surface area (Å²) >= 11 is 0. The van der Waals surface area contributed by atoms with E-state index >= 15 is 0 Å². The minimum absolute atomic E-state index is 0. The van der Waals surface area contributed by atoms with Crippen molar-refractivity contribution in [3.05, 3.63) is 131 Å². The van der Waals surface area contributed by atoms with Gasteiger partial charge >= 0.3 is 0 Å². The van der Waals surface area contributed by atoms with Crippen LogP contribution in [-0.4, -0.2) is 39.9 Å². The van der Waals surface area contributed by atoms with E-state index in [1.54, 1.807) is 0 Å². The van der Waals surface area contributed by atoms with E-state index in [2.05, 4.69) is 34.9 Å². The molecular formula is C36H46N4O3. The van der Waals surface area contributed by atoms with E-state index in [0.717, 1.165) is 61.0 Å². The van der Waals surface area contributed by atoms with Crippen LogP contribution in [0.3, 0.4) is 0 Å². The largest absolute Gasteiger partial charge is 0.412 e. The lowest BCUT2D eigenvalue weighted by atomic mass is 10.0. The first kappa shape index (κ1) is 32.2. The molecule has 2 fully saturated rings. The van der Waals surface area contributed by atoms with Crippen molar-refractivity contribution in [2.45, 2.75) is 74.9 Å². The normalized spacial score (nSPS) is 22.6. The van der Waals surface area contributed by atoms with Crippen LogP contribution in [-0.2, 0) is 12.8 Å². The van der Waals surface area contributed by atoms with Gasteiger partial charge in [-0.2, -0.15) is 0 Å². The fourth-order valence-corrected chi connectivity index (χ4v) is 6.16. The first-order valence-electron chi connectivity index (χ1n) is 15.1. The average molecular weight is 583 g/mol. The van der Waals surface area contributed by atoms with Crippen molar-refractivity contribution in [2.24, 2.45) is 0 Å². The van der Waals surface area contributed by atoms with E-state index in [4.69, 9.17) is 11.5 Å². The Hall–Kier alpha value is -3.72. The molecule has 6 rings (SSSR count). The van der Waals surface area contributed by atoms with Crippen molar-refractivity contribution in [1.29, 1.82) is 0 Å². The van der Waals surface area contributed by atoms with E-state index in [1.165, 1.54) is 11.1 Å². The highest BCUT2D eigenvalue weighted by Gasteiger charge is 2.30. The van der Waals surface area contributed by atoms with Crippen molar-refractivity contribution in [2.75, 3.05) is 11.5 Å². The van der Waals surface area contributed by atoms with Gasteiger partial charge in [0.1, 0.15) is 0 Å². The number of hydrogen-bond acceptors (Lipinski definition) is 6. The van der Waals surface area contributed by atoms with E-state index < -0.39 is 12.2 Å². The molecule has 2 saturated heterocycles. The highest BCUT2D eigenvalue weighted by molar-refractivity contribution is 5.40. The lowest BCUT2D eigenvalue weighted by Gasteiger charge is -2.20. The number of anilines is 2. The van der Waals surface area contributed by atoms with Gasteiger partial charge < -0.3 is 37.8 Å². The van der Waals surface area contributed by atoms with Crippen LogP contribution >= 0.6 is 0 Å². The molecule has 2 heterocycles. The van der Waals surface area contributed by atoms with Gasteiger partial charge in [-0.25, -0.2) is 0 Å². The molecule has 0 amide bonds. The fourth-order valence-electron chi connectivity index (χ4n) is 6.16. The molecule has 228 valence electrons. The number of rotatable bonds is 8. The zero-order valence-corrected chi connectivity index (χ0v) is 24.6. The molecule has 7 nitrogen and oxygen atoms in total. The average Bonchev–Trinajstić information content (AvgIpc) is 3.70. The van der Waals surface area contributed by atoms with Gasteiger partial charge in [-0.15, -0.1) is 0 Å². The van der Waals surface area contributed by atoms with Crippen molar-refractivity contribution >= 4 is 11.4 Å². The Labute approximate surface area is 255 Å². The number of hydrogen-bond donors (Lipinski definition) is 6. The van der Waals surface area contributed by atoms with Crippen LogP contribution in [0.2, 0.25) is 0 Å². The van der Waals surface area contributed by atoms with Gasteiger partial charge in [0.25, 0.3) is 0 Å². The molecule has 6 atom stereocenters. The predicted molar refractivity (Wildman–Crippen MR) is 175 cm³/mol. The highest BCUT2D eigenvalue weighted by atomic mass is 16.3. The van der Waals surface area contributed by atoms with Gasteiger partial charge in [-0.05, 0) is 85.0 Å². The lowest BCUT2D eigenvalue weighted by molar-refractivity contribution is 0.135. The summed E-state index contributed by atoms with van der Waals surface area (Å²) in [5.74, 6) is 0. The number of nitrogen functional groups attached to an aromatic ring is 2. The van der Waals surface area contributed by atoms with Gasteiger partial charge in [0.05, 0.1) is 12.2 Å². The van der Waals surface area contributed by atoms with Crippen molar-refractivity contribution in [1.82, 2.24) is 10.6 Å². The molecule has 0 unspecified atom stereocenters. The van der Waals surface area contributed by atoms with E-state index in [1.807, 2.05) is 84.9 Å². The molecule has 10 N–H and O–H groups in total. The second-order valence-corrected chi connectivity index (χ2v) is 11.7. The highest BCUT2D eigenvalue weighted by Crippen LogP contribution is 2.28. The number of nitrogens with two attached hydrogens (primary N) is 2. The maximum Gasteiger partial charge on any atom is 0.0943 e. The number of nitrogens with one attached hydrogen (secondary N) is 2. The molecule has 4 aromatic rings. The van der Waals surface area contributed by atoms with Crippen molar-refractivity contribution < 1.29 is 15.7 Å². The van der Waals surface area contributed by atoms with Crippen LogP contribution in [0.4, 0.5) is 11.4 Å². The van der Waals surface area contributed by atoms with Crippen LogP contribution in [0.15, 0.2) is 109 Å². The molecule has 7 heteroatoms. The topological polar surface area (TPSA) is 148 Å². The summed E-state index contributed by atoms with van der Waals surface area (Å²) in [5, 5.41) is 28.1. The molecule has 0 radical (unpaired) electrons. The van der Waals surface area contributed by atoms with Crippen LogP contribution in [0.1, 0.15) is 60.1 Å². The zero-order valence-electron chi connectivity index (χ0n) is 24.6. The Bertz CT molecular complexity index is 1250. The zero-order chi connectivity index (χ0) is 29.3. The molecule has 0 spiro atoms. The molecule has 2 aliphatic heterocycles. The molecule has 4 aromatic carbocycles. The minimum Gasteiger partial charge on any atom is -0.412 e. The van der Waals surface area contributed by atoms with Gasteiger partial charge in [0.15, 0.2) is 0 Å². The third-order valence-corrected chi connectivity index (χ3v) is 8.52. The summed E-state index contributed by atoms with van der Waals surface area (Å²) in [6, 6.07) is 37.0. The Morgan fingerprint density at radius 2 is 0.884 bits per heavy atom. The molecule has 0 aliphatic carbocycles. The van der Waals surface area contributed by atoms with Crippen LogP contribution in [0.25, 0.3) is 0 Å². The Kier molecular flexibility index (Phi) is 11.7. The van der Waals surface area contributed by atoms with E-state index in [0.29, 0.717) is 12.1 Å². The summed E-state index contributed by atoms with van der Waals surface area (Å²) in [4.78, 5) is 0. The summed E-state index contributed by atoms with van der Waals surface area (Å²) in [5.41, 5.74) is 17.6. The Morgan fingerprint density at radius 1 is 0.535 bits per heavy atom. The Balaban J connectivity index is 0.000000192. The first-order valence-corrected chi connectivity index (χ1v) is 15.1. The van der Waals surface area contributed by atoms with Gasteiger partial charge in [-0.1, -0.05) is 84.9 Å². The third-order valence-electron chi connectivity index (χ3n) is 8.52. The monoisotopic (exact) mass is 582 g/mol. The number of aliphatic hydroxyl groups excluding tert-OH is 2. The summed E-state index contributed by atoms with van der Waals surface area (Å²) in [6.45, 7) is 0.